The summed E-state index contributed by atoms with van der Waals surface area (Å²) in [5.41, 5.74) is 1.57. The molecule has 1 aliphatic heterocycles. The lowest BCUT2D eigenvalue weighted by molar-refractivity contribution is 0.229. The molecular weight excluding hydrogens is 262 g/mol. The number of nitrogens with zero attached hydrogens (tertiary/aromatic N) is 1. The molecule has 3 nitrogen and oxygen atoms in total. The van der Waals surface area contributed by atoms with Crippen molar-refractivity contribution in [3.63, 3.8) is 0 Å². The molecule has 0 aliphatic carbocycles. The fourth-order valence-electron chi connectivity index (χ4n) is 2.52. The average Bonchev–Trinajstić information content (AvgIpc) is 3.06. The van der Waals surface area contributed by atoms with Gasteiger partial charge in [0, 0.05) is 6.42 Å². The van der Waals surface area contributed by atoms with Gasteiger partial charge >= 0.3 is 0 Å². The van der Waals surface area contributed by atoms with Crippen molar-refractivity contribution in [2.75, 3.05) is 0 Å². The van der Waals surface area contributed by atoms with Gasteiger partial charge in [-0.3, -0.25) is 0 Å². The minimum atomic E-state index is -0.930. The number of halogens is 2. The van der Waals surface area contributed by atoms with Gasteiger partial charge in [0.1, 0.15) is 17.1 Å². The molecule has 0 fully saturated rings. The van der Waals surface area contributed by atoms with Crippen LogP contribution in [-0.4, -0.2) is 9.97 Å². The van der Waals surface area contributed by atoms with Crippen LogP contribution in [0.5, 0.6) is 5.75 Å². The molecule has 0 saturated carbocycles. The van der Waals surface area contributed by atoms with E-state index in [1.807, 2.05) is 24.3 Å². The molecule has 20 heavy (non-hydrogen) atoms. The summed E-state index contributed by atoms with van der Waals surface area (Å²) in [6.07, 6.45) is 0.377. The summed E-state index contributed by atoms with van der Waals surface area (Å²) in [6, 6.07) is 10.3. The predicted molar refractivity (Wildman–Crippen MR) is 69.5 cm³/mol. The number of aromatic nitrogens is 2. The Morgan fingerprint density at radius 2 is 2.00 bits per heavy atom. The maximum Gasteiger partial charge on any atom is 0.186 e. The molecule has 0 bridgehead atoms. The topological polar surface area (TPSA) is 37.9 Å². The Morgan fingerprint density at radius 3 is 2.85 bits per heavy atom. The first-order chi connectivity index (χ1) is 9.72. The van der Waals surface area contributed by atoms with Crippen LogP contribution in [0.2, 0.25) is 0 Å². The quantitative estimate of drug-likeness (QED) is 0.736. The number of rotatable bonds is 1. The number of aromatic amines is 1. The van der Waals surface area contributed by atoms with Crippen molar-refractivity contribution < 1.29 is 13.5 Å². The molecule has 1 atom stereocenters. The Kier molecular flexibility index (Phi) is 2.30. The van der Waals surface area contributed by atoms with E-state index in [0.717, 1.165) is 17.4 Å². The first-order valence-electron chi connectivity index (χ1n) is 6.30. The SMILES string of the molecule is Fc1ccc2[nH]c(C3Cc4ccccc4O3)nc2c1F. The van der Waals surface area contributed by atoms with Crippen molar-refractivity contribution in [2.45, 2.75) is 12.5 Å². The minimum Gasteiger partial charge on any atom is -0.482 e. The zero-order valence-corrected chi connectivity index (χ0v) is 10.4. The number of nitrogens with one attached hydrogen (secondary N) is 1. The lowest BCUT2D eigenvalue weighted by Crippen LogP contribution is -2.05. The van der Waals surface area contributed by atoms with Crippen molar-refractivity contribution in [2.24, 2.45) is 0 Å². The van der Waals surface area contributed by atoms with Gasteiger partial charge in [-0.25, -0.2) is 13.8 Å². The third-order valence-corrected chi connectivity index (χ3v) is 3.52. The van der Waals surface area contributed by atoms with Crippen LogP contribution in [0.25, 0.3) is 11.0 Å². The van der Waals surface area contributed by atoms with E-state index in [2.05, 4.69) is 9.97 Å². The maximum absolute atomic E-state index is 13.7. The molecule has 4 rings (SSSR count). The van der Waals surface area contributed by atoms with Crippen LogP contribution >= 0.6 is 0 Å². The third kappa shape index (κ3) is 1.59. The van der Waals surface area contributed by atoms with Gasteiger partial charge in [0.2, 0.25) is 0 Å². The zero-order chi connectivity index (χ0) is 13.7. The van der Waals surface area contributed by atoms with Crippen LogP contribution < -0.4 is 4.74 Å². The number of H-pyrrole nitrogens is 1. The summed E-state index contributed by atoms with van der Waals surface area (Å²) >= 11 is 0. The van der Waals surface area contributed by atoms with Crippen LogP contribution in [0.3, 0.4) is 0 Å². The van der Waals surface area contributed by atoms with Gasteiger partial charge in [-0.15, -0.1) is 0 Å². The van der Waals surface area contributed by atoms with Crippen molar-refractivity contribution in [1.29, 1.82) is 0 Å². The molecule has 3 aromatic rings. The molecule has 1 aliphatic rings. The standard InChI is InChI=1S/C15H10F2N2O/c16-9-5-6-10-14(13(9)17)19-15(18-10)12-7-8-3-1-2-4-11(8)20-12/h1-6,12H,7H2,(H,18,19). The van der Waals surface area contributed by atoms with Gasteiger partial charge in [0.25, 0.3) is 0 Å². The number of para-hydroxylation sites is 1. The molecule has 1 aromatic heterocycles. The second-order valence-electron chi connectivity index (χ2n) is 4.80. The van der Waals surface area contributed by atoms with E-state index < -0.39 is 11.6 Å². The van der Waals surface area contributed by atoms with E-state index in [4.69, 9.17) is 4.74 Å². The first-order valence-corrected chi connectivity index (χ1v) is 6.30. The van der Waals surface area contributed by atoms with Gasteiger partial charge in [-0.2, -0.15) is 0 Å². The first kappa shape index (κ1) is 11.4. The minimum absolute atomic E-state index is 0.0135. The summed E-state index contributed by atoms with van der Waals surface area (Å²) in [7, 11) is 0. The highest BCUT2D eigenvalue weighted by atomic mass is 19.2. The van der Waals surface area contributed by atoms with Gasteiger partial charge in [-0.05, 0) is 23.8 Å². The largest absolute Gasteiger partial charge is 0.482 e. The summed E-state index contributed by atoms with van der Waals surface area (Å²) in [4.78, 5) is 7.14. The van der Waals surface area contributed by atoms with E-state index >= 15 is 0 Å². The molecule has 0 amide bonds. The molecule has 0 spiro atoms. The number of hydrogen-bond acceptors (Lipinski definition) is 2. The number of hydrogen-bond donors (Lipinski definition) is 1. The fraction of sp³-hybridized carbons (Fsp3) is 0.133. The number of ether oxygens (including phenoxy) is 1. The van der Waals surface area contributed by atoms with Crippen molar-refractivity contribution in [1.82, 2.24) is 9.97 Å². The Hall–Kier alpha value is -2.43. The lowest BCUT2D eigenvalue weighted by atomic mass is 10.1. The second-order valence-corrected chi connectivity index (χ2v) is 4.80. The fourth-order valence-corrected chi connectivity index (χ4v) is 2.52. The van der Waals surface area contributed by atoms with Crippen LogP contribution in [0, 0.1) is 11.6 Å². The molecular formula is C15H10F2N2O. The maximum atomic E-state index is 13.7. The van der Waals surface area contributed by atoms with E-state index in [9.17, 15) is 8.78 Å². The normalized spacial score (nSPS) is 17.2. The molecule has 2 aromatic carbocycles. The lowest BCUT2D eigenvalue weighted by Gasteiger charge is -2.06. The molecule has 0 saturated heterocycles. The summed E-state index contributed by atoms with van der Waals surface area (Å²) < 4.78 is 32.6. The Bertz CT molecular complexity index is 788. The molecule has 100 valence electrons. The summed E-state index contributed by atoms with van der Waals surface area (Å²) in [5, 5.41) is 0. The Labute approximate surface area is 113 Å². The Balaban J connectivity index is 1.76. The number of imidazole rings is 1. The number of fused-ring (bicyclic) bond motifs is 2. The highest BCUT2D eigenvalue weighted by Crippen LogP contribution is 2.36. The van der Waals surface area contributed by atoms with Gasteiger partial charge in [0.15, 0.2) is 17.7 Å². The van der Waals surface area contributed by atoms with Gasteiger partial charge in [-0.1, -0.05) is 18.2 Å². The van der Waals surface area contributed by atoms with Crippen LogP contribution in [0.15, 0.2) is 36.4 Å². The monoisotopic (exact) mass is 272 g/mol. The molecule has 0 radical (unpaired) electrons. The highest BCUT2D eigenvalue weighted by molar-refractivity contribution is 5.76. The van der Waals surface area contributed by atoms with Crippen molar-refractivity contribution in [3.8, 4) is 5.75 Å². The van der Waals surface area contributed by atoms with Crippen LogP contribution in [0.1, 0.15) is 17.5 Å². The molecule has 5 heteroatoms. The number of benzene rings is 2. The third-order valence-electron chi connectivity index (χ3n) is 3.52. The van der Waals surface area contributed by atoms with Crippen molar-refractivity contribution >= 4 is 11.0 Å². The average molecular weight is 272 g/mol. The summed E-state index contributed by atoms with van der Waals surface area (Å²) in [6.45, 7) is 0. The molecule has 1 N–H and O–H groups in total. The van der Waals surface area contributed by atoms with E-state index in [1.54, 1.807) is 0 Å². The van der Waals surface area contributed by atoms with Gasteiger partial charge < -0.3 is 9.72 Å². The van der Waals surface area contributed by atoms with E-state index in [1.165, 1.54) is 6.07 Å². The zero-order valence-electron chi connectivity index (χ0n) is 10.4. The van der Waals surface area contributed by atoms with E-state index in [0.29, 0.717) is 17.8 Å². The highest BCUT2D eigenvalue weighted by Gasteiger charge is 2.27. The summed E-state index contributed by atoms with van der Waals surface area (Å²) in [5.74, 6) is -0.503. The molecule has 1 unspecified atom stereocenters. The van der Waals surface area contributed by atoms with E-state index in [-0.39, 0.29) is 11.6 Å². The predicted octanol–water partition coefficient (Wildman–Crippen LogP) is 3.52. The van der Waals surface area contributed by atoms with Crippen LogP contribution in [-0.2, 0) is 6.42 Å². The molecule has 2 heterocycles. The van der Waals surface area contributed by atoms with Crippen LogP contribution in [0.4, 0.5) is 8.78 Å². The Morgan fingerprint density at radius 1 is 1.15 bits per heavy atom. The van der Waals surface area contributed by atoms with Crippen molar-refractivity contribution in [3.05, 3.63) is 59.4 Å². The smallest absolute Gasteiger partial charge is 0.186 e. The second kappa shape index (κ2) is 4.03. The van der Waals surface area contributed by atoms with Gasteiger partial charge in [0.05, 0.1) is 5.52 Å².